The van der Waals surface area contributed by atoms with Crippen LogP contribution < -0.4 is 0 Å². The zero-order chi connectivity index (χ0) is 6.69. The summed E-state index contributed by atoms with van der Waals surface area (Å²) in [6, 6.07) is 0. The summed E-state index contributed by atoms with van der Waals surface area (Å²) in [7, 11) is 0. The minimum absolute atomic E-state index is 1.02. The van der Waals surface area contributed by atoms with Crippen LogP contribution in [-0.2, 0) is 0 Å². The summed E-state index contributed by atoms with van der Waals surface area (Å²) in [5, 5.41) is 0. The Kier molecular flexibility index (Phi) is 1.83. The predicted molar refractivity (Wildman–Crippen MR) is 40.6 cm³/mol. The molecule has 1 rings (SSSR count). The van der Waals surface area contributed by atoms with Crippen molar-refractivity contribution in [1.82, 2.24) is 0 Å². The standard InChI is InChI=1S/C8H11N/c1-7-5-3-4-6-8(2)9-7/h3,5-6H,4H2,1-2H3. The monoisotopic (exact) mass is 121 g/mol. The normalized spacial score (nSPS) is 18.4. The Morgan fingerprint density at radius 1 is 1.44 bits per heavy atom. The molecule has 0 N–H and O–H groups in total. The number of allylic oxidation sites excluding steroid dienone is 4. The van der Waals surface area contributed by atoms with Crippen molar-refractivity contribution in [2.45, 2.75) is 20.3 Å². The van der Waals surface area contributed by atoms with Gasteiger partial charge in [-0.2, -0.15) is 0 Å². The van der Waals surface area contributed by atoms with E-state index in [1.807, 2.05) is 19.9 Å². The molecule has 0 saturated heterocycles. The second-order valence-electron chi connectivity index (χ2n) is 2.24. The molecule has 1 aliphatic rings. The van der Waals surface area contributed by atoms with E-state index in [1.54, 1.807) is 0 Å². The summed E-state index contributed by atoms with van der Waals surface area (Å²) in [5.41, 5.74) is 2.22. The van der Waals surface area contributed by atoms with Gasteiger partial charge >= 0.3 is 0 Å². The largest absolute Gasteiger partial charge is 0.259 e. The number of rotatable bonds is 0. The molecule has 0 bridgehead atoms. The predicted octanol–water partition coefficient (Wildman–Crippen LogP) is 2.31. The molecule has 1 nitrogen and oxygen atoms in total. The van der Waals surface area contributed by atoms with E-state index in [1.165, 1.54) is 0 Å². The van der Waals surface area contributed by atoms with E-state index in [0.29, 0.717) is 0 Å². The molecule has 1 heteroatoms. The first-order valence-corrected chi connectivity index (χ1v) is 3.17. The molecule has 0 fully saturated rings. The second kappa shape index (κ2) is 2.62. The fourth-order valence-electron chi connectivity index (χ4n) is 0.838. The highest BCUT2D eigenvalue weighted by atomic mass is 14.7. The Morgan fingerprint density at radius 3 is 3.00 bits per heavy atom. The summed E-state index contributed by atoms with van der Waals surface area (Å²) in [6.07, 6.45) is 7.31. The summed E-state index contributed by atoms with van der Waals surface area (Å²) in [5.74, 6) is 0. The topological polar surface area (TPSA) is 12.4 Å². The van der Waals surface area contributed by atoms with Crippen LogP contribution in [0.5, 0.6) is 0 Å². The molecule has 0 aromatic carbocycles. The number of hydrogen-bond acceptors (Lipinski definition) is 1. The van der Waals surface area contributed by atoms with E-state index < -0.39 is 0 Å². The molecule has 0 aromatic heterocycles. The summed E-state index contributed by atoms with van der Waals surface area (Å²) < 4.78 is 0. The molecule has 0 aromatic rings. The first kappa shape index (κ1) is 6.27. The molecule has 0 aliphatic carbocycles. The minimum Gasteiger partial charge on any atom is -0.259 e. The Labute approximate surface area is 55.8 Å². The van der Waals surface area contributed by atoms with Crippen LogP contribution >= 0.6 is 0 Å². The third-order valence-electron chi connectivity index (χ3n) is 1.26. The number of nitrogens with zero attached hydrogens (tertiary/aromatic N) is 1. The van der Waals surface area contributed by atoms with E-state index in [4.69, 9.17) is 0 Å². The molecule has 0 spiro atoms. The van der Waals surface area contributed by atoms with Crippen LogP contribution in [0.4, 0.5) is 0 Å². The molecule has 0 amide bonds. The van der Waals surface area contributed by atoms with Crippen LogP contribution in [0.1, 0.15) is 20.3 Å². The van der Waals surface area contributed by atoms with Gasteiger partial charge in [0.2, 0.25) is 0 Å². The average Bonchev–Trinajstić information content (AvgIpc) is 1.93. The highest BCUT2D eigenvalue weighted by Gasteiger charge is 1.89. The van der Waals surface area contributed by atoms with Crippen molar-refractivity contribution in [2.24, 2.45) is 4.99 Å². The lowest BCUT2D eigenvalue weighted by molar-refractivity contribution is 1.25. The van der Waals surface area contributed by atoms with Crippen molar-refractivity contribution in [2.75, 3.05) is 0 Å². The zero-order valence-electron chi connectivity index (χ0n) is 5.89. The van der Waals surface area contributed by atoms with Gasteiger partial charge in [0, 0.05) is 11.4 Å². The Morgan fingerprint density at radius 2 is 2.22 bits per heavy atom. The van der Waals surface area contributed by atoms with E-state index in [9.17, 15) is 0 Å². The van der Waals surface area contributed by atoms with Gasteiger partial charge in [0.15, 0.2) is 0 Å². The smallest absolute Gasteiger partial charge is 0.0372 e. The molecule has 48 valence electrons. The second-order valence-corrected chi connectivity index (χ2v) is 2.24. The van der Waals surface area contributed by atoms with E-state index in [0.717, 1.165) is 17.8 Å². The first-order chi connectivity index (χ1) is 4.29. The fraction of sp³-hybridized carbons (Fsp3) is 0.375. The van der Waals surface area contributed by atoms with E-state index >= 15 is 0 Å². The maximum Gasteiger partial charge on any atom is 0.0372 e. The first-order valence-electron chi connectivity index (χ1n) is 3.17. The average molecular weight is 121 g/mol. The van der Waals surface area contributed by atoms with Gasteiger partial charge in [-0.15, -0.1) is 0 Å². The molecule has 0 radical (unpaired) electrons. The van der Waals surface area contributed by atoms with Crippen LogP contribution in [0.15, 0.2) is 28.9 Å². The lowest BCUT2D eigenvalue weighted by Gasteiger charge is -1.88. The zero-order valence-corrected chi connectivity index (χ0v) is 5.89. The van der Waals surface area contributed by atoms with Crippen molar-refractivity contribution >= 4 is 5.71 Å². The van der Waals surface area contributed by atoms with Crippen LogP contribution in [0, 0.1) is 0 Å². The van der Waals surface area contributed by atoms with Crippen molar-refractivity contribution in [1.29, 1.82) is 0 Å². The summed E-state index contributed by atoms with van der Waals surface area (Å²) in [4.78, 5) is 4.27. The van der Waals surface area contributed by atoms with Gasteiger partial charge in [-0.05, 0) is 26.3 Å². The fourth-order valence-corrected chi connectivity index (χ4v) is 0.838. The third-order valence-corrected chi connectivity index (χ3v) is 1.26. The van der Waals surface area contributed by atoms with Crippen molar-refractivity contribution in [3.05, 3.63) is 23.9 Å². The minimum atomic E-state index is 1.02. The SMILES string of the molecule is CC1=CCC=CC(C)=N1. The van der Waals surface area contributed by atoms with Gasteiger partial charge < -0.3 is 0 Å². The van der Waals surface area contributed by atoms with Gasteiger partial charge in [0.05, 0.1) is 0 Å². The Balaban J connectivity index is 2.82. The molecule has 0 unspecified atom stereocenters. The van der Waals surface area contributed by atoms with Crippen molar-refractivity contribution in [3.8, 4) is 0 Å². The maximum absolute atomic E-state index is 4.27. The molecular weight excluding hydrogens is 110 g/mol. The van der Waals surface area contributed by atoms with Gasteiger partial charge in [0.1, 0.15) is 0 Å². The van der Waals surface area contributed by atoms with Crippen LogP contribution in [0.2, 0.25) is 0 Å². The van der Waals surface area contributed by atoms with Crippen LogP contribution in [0.3, 0.4) is 0 Å². The van der Waals surface area contributed by atoms with Crippen molar-refractivity contribution in [3.63, 3.8) is 0 Å². The van der Waals surface area contributed by atoms with E-state index in [-0.39, 0.29) is 0 Å². The molecule has 0 saturated carbocycles. The lowest BCUT2D eigenvalue weighted by Crippen LogP contribution is -1.81. The summed E-state index contributed by atoms with van der Waals surface area (Å²) in [6.45, 7) is 4.04. The van der Waals surface area contributed by atoms with Gasteiger partial charge in [-0.1, -0.05) is 12.2 Å². The van der Waals surface area contributed by atoms with Gasteiger partial charge in [0.25, 0.3) is 0 Å². The highest BCUT2D eigenvalue weighted by Crippen LogP contribution is 2.03. The molecular formula is C8H11N. The molecule has 1 heterocycles. The maximum atomic E-state index is 4.27. The molecule has 0 atom stereocenters. The highest BCUT2D eigenvalue weighted by molar-refractivity contribution is 5.93. The number of aliphatic imine (C=N–C) groups is 1. The molecule has 1 aliphatic heterocycles. The lowest BCUT2D eigenvalue weighted by atomic mass is 10.3. The number of hydrogen-bond donors (Lipinski definition) is 0. The van der Waals surface area contributed by atoms with Crippen molar-refractivity contribution < 1.29 is 0 Å². The van der Waals surface area contributed by atoms with Gasteiger partial charge in [-0.25, -0.2) is 0 Å². The molecule has 9 heavy (non-hydrogen) atoms. The quantitative estimate of drug-likeness (QED) is 0.466. The van der Waals surface area contributed by atoms with E-state index in [2.05, 4.69) is 17.1 Å². The summed E-state index contributed by atoms with van der Waals surface area (Å²) >= 11 is 0. The van der Waals surface area contributed by atoms with Crippen LogP contribution in [0.25, 0.3) is 0 Å². The third kappa shape index (κ3) is 1.84. The Bertz CT molecular complexity index is 185. The van der Waals surface area contributed by atoms with Crippen LogP contribution in [-0.4, -0.2) is 5.71 Å². The van der Waals surface area contributed by atoms with Gasteiger partial charge in [-0.3, -0.25) is 4.99 Å². The Hall–Kier alpha value is -0.850.